The first-order valence-corrected chi connectivity index (χ1v) is 7.22. The number of esters is 1. The molecule has 0 aromatic carbocycles. The number of carbonyl (C=O) groups is 2. The van der Waals surface area contributed by atoms with Gasteiger partial charge in [0.05, 0.1) is 12.0 Å². The second-order valence-corrected chi connectivity index (χ2v) is 5.71. The molecule has 9 heteroatoms. The molecule has 128 valence electrons. The van der Waals surface area contributed by atoms with E-state index in [2.05, 4.69) is 15.2 Å². The largest absolute Gasteiger partial charge is 0.467 e. The molecule has 0 saturated heterocycles. The lowest BCUT2D eigenvalue weighted by Crippen LogP contribution is -2.43. The van der Waals surface area contributed by atoms with E-state index in [-0.39, 0.29) is 23.8 Å². The van der Waals surface area contributed by atoms with Crippen LogP contribution < -0.4 is 5.32 Å². The van der Waals surface area contributed by atoms with Crippen LogP contribution in [0.1, 0.15) is 31.7 Å². The maximum atomic E-state index is 12.1. The molecule has 1 amide bonds. The van der Waals surface area contributed by atoms with Gasteiger partial charge in [-0.15, -0.1) is 0 Å². The first-order valence-electron chi connectivity index (χ1n) is 7.22. The summed E-state index contributed by atoms with van der Waals surface area (Å²) in [5.41, 5.74) is 0.428. The normalized spacial score (nSPS) is 12.1. The van der Waals surface area contributed by atoms with E-state index in [0.717, 1.165) is 0 Å². The highest BCUT2D eigenvalue weighted by atomic mass is 16.6. The molecule has 1 unspecified atom stereocenters. The van der Waals surface area contributed by atoms with E-state index < -0.39 is 22.8 Å². The lowest BCUT2D eigenvalue weighted by atomic mass is 10.0. The van der Waals surface area contributed by atoms with E-state index in [4.69, 9.17) is 0 Å². The minimum Gasteiger partial charge on any atom is -0.467 e. The van der Waals surface area contributed by atoms with Crippen molar-refractivity contribution in [1.29, 1.82) is 0 Å². The Bertz CT molecular complexity index is 609. The van der Waals surface area contributed by atoms with Gasteiger partial charge in [-0.1, -0.05) is 13.8 Å². The molecule has 0 saturated carbocycles. The summed E-state index contributed by atoms with van der Waals surface area (Å²) in [6.45, 7) is 6.68. The number of amides is 1. The number of nitro groups is 1. The number of hydrogen-bond donors (Lipinski definition) is 1. The van der Waals surface area contributed by atoms with Gasteiger partial charge in [0.1, 0.15) is 24.0 Å². The average Bonchev–Trinajstić information content (AvgIpc) is 2.71. The van der Waals surface area contributed by atoms with Crippen molar-refractivity contribution < 1.29 is 19.2 Å². The van der Waals surface area contributed by atoms with Crippen molar-refractivity contribution in [3.8, 4) is 0 Å². The first-order chi connectivity index (χ1) is 10.7. The number of rotatable bonds is 7. The molecule has 1 atom stereocenters. The molecular formula is C14H22N4O5. The average molecular weight is 326 g/mol. The number of aryl methyl sites for hydroxylation is 1. The highest BCUT2D eigenvalue weighted by Gasteiger charge is 2.25. The smallest absolute Gasteiger partial charge is 0.328 e. The number of aromatic nitrogens is 2. The lowest BCUT2D eigenvalue weighted by molar-refractivity contribution is -0.386. The maximum absolute atomic E-state index is 12.1. The van der Waals surface area contributed by atoms with Crippen molar-refractivity contribution in [3.63, 3.8) is 0 Å². The maximum Gasteiger partial charge on any atom is 0.328 e. The molecule has 1 heterocycles. The number of methoxy groups -OCH3 is 1. The Morgan fingerprint density at radius 1 is 1.39 bits per heavy atom. The monoisotopic (exact) mass is 326 g/mol. The third kappa shape index (κ3) is 4.76. The molecule has 0 aliphatic rings. The molecule has 0 radical (unpaired) electrons. The summed E-state index contributed by atoms with van der Waals surface area (Å²) < 4.78 is 5.93. The van der Waals surface area contributed by atoms with Crippen LogP contribution in [0.25, 0.3) is 0 Å². The predicted molar refractivity (Wildman–Crippen MR) is 81.8 cm³/mol. The number of nitrogens with zero attached hydrogens (tertiary/aromatic N) is 3. The van der Waals surface area contributed by atoms with Crippen molar-refractivity contribution >= 4 is 17.6 Å². The van der Waals surface area contributed by atoms with Gasteiger partial charge in [0.2, 0.25) is 5.91 Å². The Hall–Kier alpha value is -2.45. The Morgan fingerprint density at radius 3 is 2.43 bits per heavy atom. The number of nitrogens with one attached hydrogen (secondary N) is 1. The number of carbonyl (C=O) groups excluding carboxylic acids is 2. The molecule has 1 aromatic rings. The van der Waals surface area contributed by atoms with Gasteiger partial charge in [-0.2, -0.15) is 5.10 Å². The molecule has 0 spiro atoms. The van der Waals surface area contributed by atoms with Gasteiger partial charge in [-0.25, -0.2) is 4.79 Å². The molecule has 1 N–H and O–H groups in total. The molecule has 0 aliphatic heterocycles. The fourth-order valence-corrected chi connectivity index (χ4v) is 2.31. The molecule has 1 rings (SSSR count). The van der Waals surface area contributed by atoms with Crippen molar-refractivity contribution in [2.75, 3.05) is 7.11 Å². The summed E-state index contributed by atoms with van der Waals surface area (Å²) in [6, 6.07) is -0.751. The SMILES string of the molecule is COC(=O)C(CC(C)C)NC(=O)Cn1nc(C)c([N+](=O)[O-])c1C. The first kappa shape index (κ1) is 18.6. The van der Waals surface area contributed by atoms with Crippen molar-refractivity contribution in [3.05, 3.63) is 21.5 Å². The van der Waals surface area contributed by atoms with Gasteiger partial charge in [0, 0.05) is 0 Å². The number of ether oxygens (including phenoxy) is 1. The molecule has 0 fully saturated rings. The van der Waals surface area contributed by atoms with Crippen LogP contribution in [0.4, 0.5) is 5.69 Å². The standard InChI is InChI=1S/C14H22N4O5/c1-8(2)6-11(14(20)23-5)15-12(19)7-17-10(4)13(18(21)22)9(3)16-17/h8,11H,6-7H2,1-5H3,(H,15,19). The molecule has 0 bridgehead atoms. The zero-order chi connectivity index (χ0) is 17.7. The summed E-state index contributed by atoms with van der Waals surface area (Å²) in [5, 5.41) is 17.6. The highest BCUT2D eigenvalue weighted by molar-refractivity contribution is 5.84. The van der Waals surface area contributed by atoms with Crippen LogP contribution in [0.5, 0.6) is 0 Å². The van der Waals surface area contributed by atoms with E-state index >= 15 is 0 Å². The quantitative estimate of drug-likeness (QED) is 0.456. The summed E-state index contributed by atoms with van der Waals surface area (Å²) >= 11 is 0. The minimum absolute atomic E-state index is 0.107. The summed E-state index contributed by atoms with van der Waals surface area (Å²) in [5.74, 6) is -0.790. The zero-order valence-electron chi connectivity index (χ0n) is 14.0. The van der Waals surface area contributed by atoms with Gasteiger partial charge in [-0.3, -0.25) is 19.6 Å². The van der Waals surface area contributed by atoms with Crippen LogP contribution in [0, 0.1) is 29.9 Å². The van der Waals surface area contributed by atoms with Gasteiger partial charge in [-0.05, 0) is 26.2 Å². The fraction of sp³-hybridized carbons (Fsp3) is 0.643. The van der Waals surface area contributed by atoms with Crippen LogP contribution in [-0.4, -0.2) is 39.7 Å². The summed E-state index contributed by atoms with van der Waals surface area (Å²) in [6.07, 6.45) is 0.440. The van der Waals surface area contributed by atoms with E-state index in [0.29, 0.717) is 12.1 Å². The lowest BCUT2D eigenvalue weighted by Gasteiger charge is -2.18. The van der Waals surface area contributed by atoms with Gasteiger partial charge >= 0.3 is 11.7 Å². The van der Waals surface area contributed by atoms with Gasteiger partial charge in [0.15, 0.2) is 0 Å². The fourth-order valence-electron chi connectivity index (χ4n) is 2.31. The molecule has 1 aromatic heterocycles. The molecule has 9 nitrogen and oxygen atoms in total. The zero-order valence-corrected chi connectivity index (χ0v) is 14.0. The Balaban J connectivity index is 2.85. The van der Waals surface area contributed by atoms with Gasteiger partial charge in [0.25, 0.3) is 0 Å². The van der Waals surface area contributed by atoms with E-state index in [1.54, 1.807) is 0 Å². The molecule has 0 aliphatic carbocycles. The second-order valence-electron chi connectivity index (χ2n) is 5.71. The van der Waals surface area contributed by atoms with Gasteiger partial charge < -0.3 is 10.1 Å². The topological polar surface area (TPSA) is 116 Å². The third-order valence-electron chi connectivity index (χ3n) is 3.35. The summed E-state index contributed by atoms with van der Waals surface area (Å²) in [7, 11) is 1.26. The second kappa shape index (κ2) is 7.70. The predicted octanol–water partition coefficient (Wildman–Crippen LogP) is 1.11. The van der Waals surface area contributed by atoms with E-state index in [1.165, 1.54) is 25.6 Å². The van der Waals surface area contributed by atoms with Crippen LogP contribution >= 0.6 is 0 Å². The Kier molecular flexibility index (Phi) is 6.23. The van der Waals surface area contributed by atoms with Crippen molar-refractivity contribution in [1.82, 2.24) is 15.1 Å². The van der Waals surface area contributed by atoms with Crippen LogP contribution in [0.2, 0.25) is 0 Å². The minimum atomic E-state index is -0.751. The van der Waals surface area contributed by atoms with Crippen molar-refractivity contribution in [2.24, 2.45) is 5.92 Å². The van der Waals surface area contributed by atoms with Crippen LogP contribution in [0.3, 0.4) is 0 Å². The Morgan fingerprint density at radius 2 is 2.00 bits per heavy atom. The molecule has 23 heavy (non-hydrogen) atoms. The molecular weight excluding hydrogens is 304 g/mol. The highest BCUT2D eigenvalue weighted by Crippen LogP contribution is 2.21. The van der Waals surface area contributed by atoms with Crippen molar-refractivity contribution in [2.45, 2.75) is 46.7 Å². The number of hydrogen-bond acceptors (Lipinski definition) is 6. The Labute approximate surface area is 134 Å². The van der Waals surface area contributed by atoms with E-state index in [9.17, 15) is 19.7 Å². The third-order valence-corrected chi connectivity index (χ3v) is 3.35. The summed E-state index contributed by atoms with van der Waals surface area (Å²) in [4.78, 5) is 34.3. The van der Waals surface area contributed by atoms with Crippen LogP contribution in [0.15, 0.2) is 0 Å². The van der Waals surface area contributed by atoms with Crippen LogP contribution in [-0.2, 0) is 20.9 Å². The van der Waals surface area contributed by atoms with E-state index in [1.807, 2.05) is 13.8 Å².